The summed E-state index contributed by atoms with van der Waals surface area (Å²) in [5.74, 6) is 0.940. The number of rotatable bonds is 5. The summed E-state index contributed by atoms with van der Waals surface area (Å²) in [6.07, 6.45) is 3.50. The van der Waals surface area contributed by atoms with Crippen LogP contribution >= 0.6 is 11.3 Å². The first-order chi connectivity index (χ1) is 11.6. The standard InChI is InChI=1S/C17H23N5OS/c1-14-4-11-24-15(14)12-20(2)13-16(23)21-7-9-22(10-8-21)17-18-5-3-6-19-17/h3-6,11H,7-10,12-13H2,1-2H3. The molecule has 0 saturated carbocycles. The van der Waals surface area contributed by atoms with Gasteiger partial charge in [-0.15, -0.1) is 11.3 Å². The lowest BCUT2D eigenvalue weighted by atomic mass is 10.2. The Bertz CT molecular complexity index is 667. The molecule has 0 aliphatic carbocycles. The van der Waals surface area contributed by atoms with Gasteiger partial charge in [0.15, 0.2) is 0 Å². The Morgan fingerprint density at radius 2 is 1.96 bits per heavy atom. The van der Waals surface area contributed by atoms with Gasteiger partial charge in [0.2, 0.25) is 11.9 Å². The van der Waals surface area contributed by atoms with Crippen LogP contribution in [0.15, 0.2) is 29.9 Å². The highest BCUT2D eigenvalue weighted by Crippen LogP contribution is 2.17. The maximum Gasteiger partial charge on any atom is 0.236 e. The van der Waals surface area contributed by atoms with E-state index in [2.05, 4.69) is 38.1 Å². The zero-order valence-corrected chi connectivity index (χ0v) is 15.0. The lowest BCUT2D eigenvalue weighted by Crippen LogP contribution is -2.51. The summed E-state index contributed by atoms with van der Waals surface area (Å²) in [4.78, 5) is 28.5. The van der Waals surface area contributed by atoms with Crippen LogP contribution in [0.4, 0.5) is 5.95 Å². The van der Waals surface area contributed by atoms with Crippen molar-refractivity contribution in [1.29, 1.82) is 0 Å². The smallest absolute Gasteiger partial charge is 0.236 e. The van der Waals surface area contributed by atoms with Gasteiger partial charge in [-0.05, 0) is 37.0 Å². The van der Waals surface area contributed by atoms with Crippen molar-refractivity contribution >= 4 is 23.2 Å². The van der Waals surface area contributed by atoms with Crippen molar-refractivity contribution in [3.05, 3.63) is 40.3 Å². The molecule has 3 heterocycles. The summed E-state index contributed by atoms with van der Waals surface area (Å²) in [7, 11) is 2.01. The molecule has 0 N–H and O–H groups in total. The number of hydrogen-bond acceptors (Lipinski definition) is 6. The van der Waals surface area contributed by atoms with Crippen molar-refractivity contribution in [2.24, 2.45) is 0 Å². The SMILES string of the molecule is Cc1ccsc1CN(C)CC(=O)N1CCN(c2ncccn2)CC1. The van der Waals surface area contributed by atoms with Crippen molar-refractivity contribution in [1.82, 2.24) is 19.8 Å². The maximum atomic E-state index is 12.5. The molecule has 24 heavy (non-hydrogen) atoms. The molecule has 0 atom stereocenters. The van der Waals surface area contributed by atoms with Crippen LogP contribution in [0, 0.1) is 6.92 Å². The maximum absolute atomic E-state index is 12.5. The fourth-order valence-electron chi connectivity index (χ4n) is 2.81. The number of aryl methyl sites for hydroxylation is 1. The lowest BCUT2D eigenvalue weighted by molar-refractivity contribution is -0.132. The van der Waals surface area contributed by atoms with Gasteiger partial charge < -0.3 is 9.80 Å². The van der Waals surface area contributed by atoms with Crippen LogP contribution in [0.5, 0.6) is 0 Å². The summed E-state index contributed by atoms with van der Waals surface area (Å²) in [6.45, 7) is 6.41. The molecule has 0 radical (unpaired) electrons. The highest BCUT2D eigenvalue weighted by Gasteiger charge is 2.23. The lowest BCUT2D eigenvalue weighted by Gasteiger charge is -2.35. The van der Waals surface area contributed by atoms with E-state index < -0.39 is 0 Å². The Labute approximate surface area is 146 Å². The zero-order chi connectivity index (χ0) is 16.9. The summed E-state index contributed by atoms with van der Waals surface area (Å²) in [5, 5.41) is 2.10. The molecule has 1 aliphatic rings. The summed E-state index contributed by atoms with van der Waals surface area (Å²) in [6, 6.07) is 3.94. The molecular weight excluding hydrogens is 322 g/mol. The van der Waals surface area contributed by atoms with E-state index in [9.17, 15) is 4.79 Å². The van der Waals surface area contributed by atoms with Crippen LogP contribution in [-0.2, 0) is 11.3 Å². The number of carbonyl (C=O) groups excluding carboxylic acids is 1. The van der Waals surface area contributed by atoms with Gasteiger partial charge in [-0.3, -0.25) is 9.69 Å². The molecule has 6 nitrogen and oxygen atoms in total. The molecule has 2 aromatic rings. The third-order valence-corrected chi connectivity index (χ3v) is 5.26. The molecule has 0 bridgehead atoms. The van der Waals surface area contributed by atoms with Gasteiger partial charge >= 0.3 is 0 Å². The van der Waals surface area contributed by atoms with Crippen molar-refractivity contribution in [3.63, 3.8) is 0 Å². The Kier molecular flexibility index (Phi) is 5.42. The molecule has 1 fully saturated rings. The van der Waals surface area contributed by atoms with Crippen LogP contribution in [0.3, 0.4) is 0 Å². The van der Waals surface area contributed by atoms with Gasteiger partial charge in [0.05, 0.1) is 6.54 Å². The fourth-order valence-corrected chi connectivity index (χ4v) is 3.79. The molecule has 2 aromatic heterocycles. The van der Waals surface area contributed by atoms with E-state index in [-0.39, 0.29) is 5.91 Å². The minimum atomic E-state index is 0.195. The molecule has 128 valence electrons. The summed E-state index contributed by atoms with van der Waals surface area (Å²) < 4.78 is 0. The van der Waals surface area contributed by atoms with Crippen molar-refractivity contribution < 1.29 is 4.79 Å². The van der Waals surface area contributed by atoms with E-state index in [1.165, 1.54) is 10.4 Å². The number of carbonyl (C=O) groups is 1. The van der Waals surface area contributed by atoms with E-state index in [1.807, 2.05) is 18.0 Å². The Balaban J connectivity index is 1.47. The third-order valence-electron chi connectivity index (χ3n) is 4.25. The second-order valence-electron chi connectivity index (χ2n) is 6.12. The quantitative estimate of drug-likeness (QED) is 0.824. The Morgan fingerprint density at radius 1 is 1.25 bits per heavy atom. The molecule has 1 aliphatic heterocycles. The van der Waals surface area contributed by atoms with E-state index in [4.69, 9.17) is 0 Å². The van der Waals surface area contributed by atoms with E-state index >= 15 is 0 Å². The highest BCUT2D eigenvalue weighted by atomic mass is 32.1. The molecular formula is C17H23N5OS. The van der Waals surface area contributed by atoms with Gasteiger partial charge in [0.25, 0.3) is 0 Å². The summed E-state index contributed by atoms with van der Waals surface area (Å²) in [5.41, 5.74) is 1.30. The first kappa shape index (κ1) is 16.9. The van der Waals surface area contributed by atoms with Gasteiger partial charge in [-0.25, -0.2) is 9.97 Å². The van der Waals surface area contributed by atoms with E-state index in [1.54, 1.807) is 23.7 Å². The van der Waals surface area contributed by atoms with Gasteiger partial charge in [-0.2, -0.15) is 0 Å². The van der Waals surface area contributed by atoms with Crippen LogP contribution in [-0.4, -0.2) is 65.4 Å². The average molecular weight is 345 g/mol. The van der Waals surface area contributed by atoms with Gasteiger partial charge in [0, 0.05) is 50.0 Å². The number of nitrogens with zero attached hydrogens (tertiary/aromatic N) is 5. The Morgan fingerprint density at radius 3 is 2.58 bits per heavy atom. The van der Waals surface area contributed by atoms with E-state index in [0.717, 1.165) is 38.7 Å². The minimum absolute atomic E-state index is 0.195. The topological polar surface area (TPSA) is 52.6 Å². The van der Waals surface area contributed by atoms with Crippen molar-refractivity contribution in [3.8, 4) is 0 Å². The monoisotopic (exact) mass is 345 g/mol. The predicted octanol–water partition coefficient (Wildman–Crippen LogP) is 1.63. The minimum Gasteiger partial charge on any atom is -0.338 e. The van der Waals surface area contributed by atoms with Crippen LogP contribution in [0.25, 0.3) is 0 Å². The number of anilines is 1. The number of aromatic nitrogens is 2. The zero-order valence-electron chi connectivity index (χ0n) is 14.2. The molecule has 1 amide bonds. The Hall–Kier alpha value is -1.99. The van der Waals surface area contributed by atoms with E-state index in [0.29, 0.717) is 6.54 Å². The first-order valence-corrected chi connectivity index (χ1v) is 9.02. The van der Waals surface area contributed by atoms with Gasteiger partial charge in [0.1, 0.15) is 0 Å². The molecule has 0 spiro atoms. The number of likely N-dealkylation sites (N-methyl/N-ethyl adjacent to an activating group) is 1. The number of hydrogen-bond donors (Lipinski definition) is 0. The second kappa shape index (κ2) is 7.72. The largest absolute Gasteiger partial charge is 0.338 e. The van der Waals surface area contributed by atoms with Crippen molar-refractivity contribution in [2.45, 2.75) is 13.5 Å². The average Bonchev–Trinajstić information content (AvgIpc) is 3.00. The molecule has 0 aromatic carbocycles. The highest BCUT2D eigenvalue weighted by molar-refractivity contribution is 7.10. The van der Waals surface area contributed by atoms with Crippen LogP contribution < -0.4 is 4.90 Å². The molecule has 1 saturated heterocycles. The second-order valence-corrected chi connectivity index (χ2v) is 7.12. The van der Waals surface area contributed by atoms with Gasteiger partial charge in [-0.1, -0.05) is 0 Å². The summed E-state index contributed by atoms with van der Waals surface area (Å²) >= 11 is 1.75. The predicted molar refractivity (Wildman–Crippen MR) is 96.2 cm³/mol. The molecule has 3 rings (SSSR count). The van der Waals surface area contributed by atoms with Crippen LogP contribution in [0.1, 0.15) is 10.4 Å². The number of piperazine rings is 1. The fraction of sp³-hybridized carbons (Fsp3) is 0.471. The molecule has 7 heteroatoms. The van der Waals surface area contributed by atoms with Crippen LogP contribution in [0.2, 0.25) is 0 Å². The first-order valence-electron chi connectivity index (χ1n) is 8.15. The molecule has 0 unspecified atom stereocenters. The number of amides is 1. The third kappa shape index (κ3) is 4.10. The number of thiophene rings is 1. The van der Waals surface area contributed by atoms with Crippen molar-refractivity contribution in [2.75, 3.05) is 44.7 Å². The normalized spacial score (nSPS) is 15.1.